The minimum absolute atomic E-state index is 0.0216. The van der Waals surface area contributed by atoms with Crippen LogP contribution >= 0.6 is 46.6 Å². The number of rotatable bonds is 7. The lowest BCUT2D eigenvalue weighted by molar-refractivity contribution is -0.123. The van der Waals surface area contributed by atoms with Gasteiger partial charge >= 0.3 is 10.1 Å². The Hall–Kier alpha value is -2.69. The van der Waals surface area contributed by atoms with Gasteiger partial charge in [-0.2, -0.15) is 8.42 Å². The highest BCUT2D eigenvalue weighted by atomic mass is 35.5. The van der Waals surface area contributed by atoms with E-state index in [2.05, 4.69) is 0 Å². The Balaban J connectivity index is 1.60. The van der Waals surface area contributed by atoms with Crippen molar-refractivity contribution in [3.63, 3.8) is 0 Å². The average Bonchev–Trinajstić information content (AvgIpc) is 3.10. The highest BCUT2D eigenvalue weighted by Gasteiger charge is 2.35. The minimum Gasteiger partial charge on any atom is -0.493 e. The molecule has 3 aromatic carbocycles. The number of halogens is 3. The standard InChI is InChI=1S/C24H16Cl3NO6S2/c1-33-20-10-14(9-19(27)22(20)34-36(31,32)17-5-3-2-4-6-17)11-21-23(29)28(24(30)35-21)13-15-7-8-16(25)12-18(15)26/h2-12H,13H2,1H3/b21-11-. The zero-order valence-electron chi connectivity index (χ0n) is 18.4. The van der Waals surface area contributed by atoms with E-state index in [1.807, 2.05) is 0 Å². The highest BCUT2D eigenvalue weighted by molar-refractivity contribution is 8.18. The maximum Gasteiger partial charge on any atom is 0.339 e. The summed E-state index contributed by atoms with van der Waals surface area (Å²) in [5.41, 5.74) is 0.965. The van der Waals surface area contributed by atoms with Crippen LogP contribution in [0.2, 0.25) is 15.1 Å². The lowest BCUT2D eigenvalue weighted by atomic mass is 10.1. The van der Waals surface area contributed by atoms with Gasteiger partial charge in [-0.05, 0) is 65.4 Å². The van der Waals surface area contributed by atoms with Gasteiger partial charge in [0.2, 0.25) is 5.75 Å². The Labute approximate surface area is 226 Å². The van der Waals surface area contributed by atoms with Gasteiger partial charge in [-0.1, -0.05) is 59.1 Å². The van der Waals surface area contributed by atoms with Crippen LogP contribution in [0.3, 0.4) is 0 Å². The lowest BCUT2D eigenvalue weighted by Gasteiger charge is -2.14. The molecular formula is C24H16Cl3NO6S2. The number of nitrogens with zero attached hydrogens (tertiary/aromatic N) is 1. The fourth-order valence-electron chi connectivity index (χ4n) is 3.26. The molecule has 2 amide bonds. The first-order valence-corrected chi connectivity index (χ1v) is 13.5. The Morgan fingerprint density at radius 2 is 1.69 bits per heavy atom. The molecule has 1 heterocycles. The van der Waals surface area contributed by atoms with Gasteiger partial charge in [-0.25, -0.2) is 0 Å². The molecule has 3 aromatic rings. The maximum absolute atomic E-state index is 12.9. The van der Waals surface area contributed by atoms with Crippen molar-refractivity contribution in [2.24, 2.45) is 0 Å². The first-order valence-electron chi connectivity index (χ1n) is 10.2. The normalized spacial score (nSPS) is 15.0. The molecule has 1 aliphatic heterocycles. The number of hydrogen-bond acceptors (Lipinski definition) is 7. The third kappa shape index (κ3) is 5.66. The average molecular weight is 585 g/mol. The SMILES string of the molecule is COc1cc(/C=C2\SC(=O)N(Cc3ccc(Cl)cc3Cl)C2=O)cc(Cl)c1OS(=O)(=O)c1ccccc1. The molecule has 0 N–H and O–H groups in total. The van der Waals surface area contributed by atoms with Crippen LogP contribution in [0, 0.1) is 0 Å². The molecule has 1 fully saturated rings. The molecule has 1 saturated heterocycles. The van der Waals surface area contributed by atoms with Crippen molar-refractivity contribution in [1.82, 2.24) is 4.90 Å². The summed E-state index contributed by atoms with van der Waals surface area (Å²) in [6.07, 6.45) is 1.46. The minimum atomic E-state index is -4.17. The van der Waals surface area contributed by atoms with Crippen LogP contribution < -0.4 is 8.92 Å². The third-order valence-corrected chi connectivity index (χ3v) is 8.00. The second-order valence-corrected chi connectivity index (χ2v) is 11.2. The van der Waals surface area contributed by atoms with Crippen LogP contribution in [0.15, 0.2) is 70.5 Å². The van der Waals surface area contributed by atoms with E-state index in [-0.39, 0.29) is 32.9 Å². The fourth-order valence-corrected chi connectivity index (χ4v) is 5.84. The molecular weight excluding hydrogens is 569 g/mol. The van der Waals surface area contributed by atoms with E-state index >= 15 is 0 Å². The van der Waals surface area contributed by atoms with Gasteiger partial charge < -0.3 is 8.92 Å². The van der Waals surface area contributed by atoms with Crippen LogP contribution in [0.25, 0.3) is 6.08 Å². The second-order valence-electron chi connectivity index (χ2n) is 7.39. The van der Waals surface area contributed by atoms with Gasteiger partial charge in [0.15, 0.2) is 5.75 Å². The van der Waals surface area contributed by atoms with E-state index in [9.17, 15) is 18.0 Å². The Kier molecular flexibility index (Phi) is 7.87. The second kappa shape index (κ2) is 10.7. The number of carbonyl (C=O) groups excluding carboxylic acids is 2. The summed E-state index contributed by atoms with van der Waals surface area (Å²) in [6.45, 7) is -0.0216. The molecule has 0 spiro atoms. The van der Waals surface area contributed by atoms with E-state index in [1.54, 1.807) is 30.3 Å². The number of amides is 2. The van der Waals surface area contributed by atoms with Crippen LogP contribution in [0.5, 0.6) is 11.5 Å². The molecule has 0 aliphatic carbocycles. The number of thioether (sulfide) groups is 1. The Morgan fingerprint density at radius 1 is 0.972 bits per heavy atom. The van der Waals surface area contributed by atoms with Crippen molar-refractivity contribution in [3.05, 3.63) is 91.8 Å². The highest BCUT2D eigenvalue weighted by Crippen LogP contribution is 2.40. The molecule has 1 aliphatic rings. The van der Waals surface area contributed by atoms with Crippen LogP contribution in [0.4, 0.5) is 4.79 Å². The number of ether oxygens (including phenoxy) is 1. The van der Waals surface area contributed by atoms with E-state index in [0.29, 0.717) is 21.2 Å². The third-order valence-electron chi connectivity index (χ3n) is 4.99. The fraction of sp³-hybridized carbons (Fsp3) is 0.0833. The van der Waals surface area contributed by atoms with Gasteiger partial charge in [-0.3, -0.25) is 14.5 Å². The van der Waals surface area contributed by atoms with Crippen LogP contribution in [-0.4, -0.2) is 31.6 Å². The zero-order chi connectivity index (χ0) is 26.0. The number of imide groups is 1. The molecule has 186 valence electrons. The molecule has 0 aromatic heterocycles. The molecule has 0 saturated carbocycles. The van der Waals surface area contributed by atoms with Crippen molar-refractivity contribution in [2.45, 2.75) is 11.4 Å². The summed E-state index contributed by atoms with van der Waals surface area (Å²) in [7, 11) is -2.85. The maximum atomic E-state index is 12.9. The summed E-state index contributed by atoms with van der Waals surface area (Å²) >= 11 is 19.2. The quantitative estimate of drug-likeness (QED) is 0.227. The number of hydrogen-bond donors (Lipinski definition) is 0. The van der Waals surface area contributed by atoms with Crippen molar-refractivity contribution in [2.75, 3.05) is 7.11 Å². The van der Waals surface area contributed by atoms with Gasteiger partial charge in [0.05, 0.1) is 23.6 Å². The summed E-state index contributed by atoms with van der Waals surface area (Å²) in [6, 6.07) is 15.2. The van der Waals surface area contributed by atoms with Crippen LogP contribution in [-0.2, 0) is 21.5 Å². The molecule has 12 heteroatoms. The van der Waals surface area contributed by atoms with E-state index < -0.39 is 21.3 Å². The summed E-state index contributed by atoms with van der Waals surface area (Å²) in [5.74, 6) is -0.691. The first kappa shape index (κ1) is 26.4. The van der Waals surface area contributed by atoms with Crippen molar-refractivity contribution in [3.8, 4) is 11.5 Å². The summed E-state index contributed by atoms with van der Waals surface area (Å²) in [5, 5.41) is 0.243. The van der Waals surface area contributed by atoms with E-state index in [4.69, 9.17) is 43.7 Å². The first-order chi connectivity index (χ1) is 17.1. The zero-order valence-corrected chi connectivity index (χ0v) is 22.3. The van der Waals surface area contributed by atoms with Gasteiger partial charge in [0.25, 0.3) is 11.1 Å². The Morgan fingerprint density at radius 3 is 2.36 bits per heavy atom. The van der Waals surface area contributed by atoms with Crippen molar-refractivity contribution in [1.29, 1.82) is 0 Å². The molecule has 0 atom stereocenters. The van der Waals surface area contributed by atoms with E-state index in [1.165, 1.54) is 43.5 Å². The number of methoxy groups -OCH3 is 1. The van der Waals surface area contributed by atoms with Crippen molar-refractivity contribution >= 4 is 73.9 Å². The number of carbonyl (C=O) groups is 2. The smallest absolute Gasteiger partial charge is 0.339 e. The molecule has 0 unspecified atom stereocenters. The predicted octanol–water partition coefficient (Wildman–Crippen LogP) is 6.66. The lowest BCUT2D eigenvalue weighted by Crippen LogP contribution is -2.27. The predicted molar refractivity (Wildman–Crippen MR) is 140 cm³/mol. The summed E-state index contributed by atoms with van der Waals surface area (Å²) in [4.78, 5) is 26.6. The monoisotopic (exact) mass is 583 g/mol. The molecule has 7 nitrogen and oxygen atoms in total. The van der Waals surface area contributed by atoms with Crippen molar-refractivity contribution < 1.29 is 26.9 Å². The molecule has 0 radical (unpaired) electrons. The molecule has 36 heavy (non-hydrogen) atoms. The topological polar surface area (TPSA) is 90.0 Å². The molecule has 4 rings (SSSR count). The largest absolute Gasteiger partial charge is 0.493 e. The van der Waals surface area contributed by atoms with Gasteiger partial charge in [0, 0.05) is 10.0 Å². The number of benzene rings is 3. The van der Waals surface area contributed by atoms with Gasteiger partial charge in [-0.15, -0.1) is 0 Å². The van der Waals surface area contributed by atoms with Gasteiger partial charge in [0.1, 0.15) is 4.90 Å². The summed E-state index contributed by atoms with van der Waals surface area (Å²) < 4.78 is 35.8. The van der Waals surface area contributed by atoms with Crippen LogP contribution in [0.1, 0.15) is 11.1 Å². The molecule has 0 bridgehead atoms. The van der Waals surface area contributed by atoms with E-state index in [0.717, 1.165) is 16.7 Å². The Bertz CT molecular complexity index is 1490.